The van der Waals surface area contributed by atoms with Crippen molar-refractivity contribution in [1.29, 1.82) is 5.26 Å². The Kier molecular flexibility index (Phi) is 4.10. The summed E-state index contributed by atoms with van der Waals surface area (Å²) in [6.45, 7) is 5.52. The van der Waals surface area contributed by atoms with Gasteiger partial charge in [-0.25, -0.2) is 9.97 Å². The highest BCUT2D eigenvalue weighted by atomic mass is 32.1. The molecular weight excluding hydrogens is 324 g/mol. The number of aryl methyl sites for hydroxylation is 3. The van der Waals surface area contributed by atoms with Gasteiger partial charge < -0.3 is 5.32 Å². The highest BCUT2D eigenvalue weighted by Gasteiger charge is 2.15. The van der Waals surface area contributed by atoms with Gasteiger partial charge in [-0.3, -0.25) is 4.79 Å². The predicted octanol–water partition coefficient (Wildman–Crippen LogP) is 2.77. The summed E-state index contributed by atoms with van der Waals surface area (Å²) in [5.41, 5.74) is 2.04. The summed E-state index contributed by atoms with van der Waals surface area (Å²) in [6.07, 6.45) is 0. The number of carbonyl (C=O) groups is 1. The van der Waals surface area contributed by atoms with Crippen molar-refractivity contribution in [2.45, 2.75) is 20.8 Å². The van der Waals surface area contributed by atoms with Gasteiger partial charge in [0, 0.05) is 23.2 Å². The van der Waals surface area contributed by atoms with Crippen LogP contribution in [0, 0.1) is 32.1 Å². The lowest BCUT2D eigenvalue weighted by atomic mass is 10.3. The van der Waals surface area contributed by atoms with Gasteiger partial charge in [-0.05, 0) is 26.8 Å². The second kappa shape index (κ2) is 6.22. The second-order valence-electron chi connectivity index (χ2n) is 5.26. The molecule has 3 rings (SSSR count). The molecule has 0 radical (unpaired) electrons. The Morgan fingerprint density at radius 1 is 1.21 bits per heavy atom. The summed E-state index contributed by atoms with van der Waals surface area (Å²) in [6, 6.07) is 7.14. The lowest BCUT2D eigenvalue weighted by Gasteiger charge is -2.08. The molecule has 0 aliphatic carbocycles. The van der Waals surface area contributed by atoms with E-state index >= 15 is 0 Å². The summed E-state index contributed by atoms with van der Waals surface area (Å²) in [5.74, 6) is 1.45. The van der Waals surface area contributed by atoms with E-state index in [1.807, 2.05) is 19.9 Å². The summed E-state index contributed by atoms with van der Waals surface area (Å²) in [7, 11) is 0. The monoisotopic (exact) mass is 338 g/mol. The number of carbonyl (C=O) groups excluding carboxylic acids is 1. The van der Waals surface area contributed by atoms with Crippen molar-refractivity contribution in [3.63, 3.8) is 0 Å². The number of thiophene rings is 1. The number of nitrogens with zero attached hydrogens (tertiary/aromatic N) is 5. The molecule has 120 valence electrons. The second-order valence-corrected chi connectivity index (χ2v) is 6.17. The van der Waals surface area contributed by atoms with Crippen LogP contribution in [0.3, 0.4) is 0 Å². The van der Waals surface area contributed by atoms with Crippen molar-refractivity contribution < 1.29 is 4.79 Å². The van der Waals surface area contributed by atoms with Gasteiger partial charge in [0.25, 0.3) is 5.91 Å². The minimum atomic E-state index is -0.287. The molecule has 3 heterocycles. The van der Waals surface area contributed by atoms with Crippen LogP contribution in [0.5, 0.6) is 0 Å². The van der Waals surface area contributed by atoms with Crippen LogP contribution in [0.15, 0.2) is 23.6 Å². The van der Waals surface area contributed by atoms with E-state index in [1.165, 1.54) is 11.3 Å². The molecule has 0 saturated carbocycles. The molecule has 0 aliphatic rings. The van der Waals surface area contributed by atoms with Gasteiger partial charge >= 0.3 is 0 Å². The fraction of sp³-hybridized carbons (Fsp3) is 0.188. The van der Waals surface area contributed by atoms with E-state index in [2.05, 4.69) is 20.4 Å². The standard InChI is InChI=1S/C16H14N6OS/c1-9-4-14(19-11(3)18-9)22-15(5-10(2)21-22)20-16(23)13-6-12(7-17)8-24-13/h4-6,8H,1-3H3,(H,20,23). The van der Waals surface area contributed by atoms with Crippen molar-refractivity contribution in [3.8, 4) is 11.9 Å². The lowest BCUT2D eigenvalue weighted by molar-refractivity contribution is 0.103. The van der Waals surface area contributed by atoms with Crippen LogP contribution in [0.4, 0.5) is 5.82 Å². The van der Waals surface area contributed by atoms with E-state index < -0.39 is 0 Å². The van der Waals surface area contributed by atoms with Crippen LogP contribution in [0.1, 0.15) is 32.4 Å². The highest BCUT2D eigenvalue weighted by Crippen LogP contribution is 2.20. The number of rotatable bonds is 3. The first-order valence-corrected chi connectivity index (χ1v) is 8.03. The Morgan fingerprint density at radius 2 is 2.00 bits per heavy atom. The molecule has 8 heteroatoms. The minimum Gasteiger partial charge on any atom is -0.306 e. The zero-order valence-electron chi connectivity index (χ0n) is 13.4. The first-order valence-electron chi connectivity index (χ1n) is 7.15. The molecule has 24 heavy (non-hydrogen) atoms. The van der Waals surface area contributed by atoms with Crippen LogP contribution in [-0.2, 0) is 0 Å². The molecule has 0 saturated heterocycles. The molecule has 3 aromatic heterocycles. The number of aromatic nitrogens is 4. The minimum absolute atomic E-state index is 0.287. The van der Waals surface area contributed by atoms with Crippen molar-refractivity contribution in [1.82, 2.24) is 19.7 Å². The average Bonchev–Trinajstić information content (AvgIpc) is 3.12. The highest BCUT2D eigenvalue weighted by molar-refractivity contribution is 7.12. The maximum absolute atomic E-state index is 12.4. The van der Waals surface area contributed by atoms with E-state index in [4.69, 9.17) is 5.26 Å². The van der Waals surface area contributed by atoms with E-state index in [9.17, 15) is 4.79 Å². The lowest BCUT2D eigenvalue weighted by Crippen LogP contribution is -2.15. The SMILES string of the molecule is Cc1cc(-n2nc(C)cc2NC(=O)c2cc(C#N)cs2)nc(C)n1. The van der Waals surface area contributed by atoms with Gasteiger partial charge in [-0.1, -0.05) is 0 Å². The zero-order chi connectivity index (χ0) is 17.3. The van der Waals surface area contributed by atoms with Crippen molar-refractivity contribution in [3.05, 3.63) is 51.2 Å². The number of nitrogens with one attached hydrogen (secondary N) is 1. The van der Waals surface area contributed by atoms with Gasteiger partial charge in [0.15, 0.2) is 5.82 Å². The molecule has 1 N–H and O–H groups in total. The normalized spacial score (nSPS) is 10.4. The molecule has 0 fully saturated rings. The number of amides is 1. The Morgan fingerprint density at radius 3 is 2.67 bits per heavy atom. The summed E-state index contributed by atoms with van der Waals surface area (Å²) >= 11 is 1.23. The fourth-order valence-corrected chi connectivity index (χ4v) is 2.99. The van der Waals surface area contributed by atoms with E-state index in [0.29, 0.717) is 27.9 Å². The third-order valence-electron chi connectivity index (χ3n) is 3.19. The smallest absolute Gasteiger partial charge is 0.266 e. The molecule has 7 nitrogen and oxygen atoms in total. The number of anilines is 1. The molecule has 1 amide bonds. The van der Waals surface area contributed by atoms with E-state index in [-0.39, 0.29) is 5.91 Å². The molecule has 0 atom stereocenters. The van der Waals surface area contributed by atoms with Crippen LogP contribution in [0.25, 0.3) is 5.82 Å². The fourth-order valence-electron chi connectivity index (χ4n) is 2.26. The van der Waals surface area contributed by atoms with E-state index in [1.54, 1.807) is 35.2 Å². The Hall–Kier alpha value is -3.05. The van der Waals surface area contributed by atoms with Crippen molar-refractivity contribution >= 4 is 23.1 Å². The van der Waals surface area contributed by atoms with Gasteiger partial charge in [-0.15, -0.1) is 11.3 Å². The summed E-state index contributed by atoms with van der Waals surface area (Å²) in [4.78, 5) is 21.5. The predicted molar refractivity (Wildman–Crippen MR) is 90.4 cm³/mol. The van der Waals surface area contributed by atoms with Crippen LogP contribution in [0.2, 0.25) is 0 Å². The largest absolute Gasteiger partial charge is 0.306 e. The van der Waals surface area contributed by atoms with Gasteiger partial charge in [-0.2, -0.15) is 15.0 Å². The molecule has 0 aliphatic heterocycles. The molecular formula is C16H14N6OS. The van der Waals surface area contributed by atoms with E-state index in [0.717, 1.165) is 11.4 Å². The molecule has 3 aromatic rings. The van der Waals surface area contributed by atoms with Crippen molar-refractivity contribution in [2.75, 3.05) is 5.32 Å². The topological polar surface area (TPSA) is 96.5 Å². The third kappa shape index (κ3) is 3.16. The molecule has 0 aromatic carbocycles. The maximum atomic E-state index is 12.4. The third-order valence-corrected chi connectivity index (χ3v) is 4.12. The Balaban J connectivity index is 1.94. The molecule has 0 bridgehead atoms. The van der Waals surface area contributed by atoms with Gasteiger partial charge in [0.1, 0.15) is 17.7 Å². The van der Waals surface area contributed by atoms with Crippen molar-refractivity contribution in [2.24, 2.45) is 0 Å². The quantitative estimate of drug-likeness (QED) is 0.792. The Labute approximate surface area is 142 Å². The number of nitriles is 1. The van der Waals surface area contributed by atoms with Crippen LogP contribution >= 0.6 is 11.3 Å². The molecule has 0 spiro atoms. The first-order chi connectivity index (χ1) is 11.5. The maximum Gasteiger partial charge on any atom is 0.266 e. The zero-order valence-corrected chi connectivity index (χ0v) is 14.2. The number of hydrogen-bond donors (Lipinski definition) is 1. The van der Waals surface area contributed by atoms with Crippen LogP contribution < -0.4 is 5.32 Å². The molecule has 0 unspecified atom stereocenters. The summed E-state index contributed by atoms with van der Waals surface area (Å²) < 4.78 is 1.58. The average molecular weight is 338 g/mol. The Bertz CT molecular complexity index is 945. The first kappa shape index (κ1) is 15.8. The van der Waals surface area contributed by atoms with Gasteiger partial charge in [0.05, 0.1) is 16.1 Å². The van der Waals surface area contributed by atoms with Gasteiger partial charge in [0.2, 0.25) is 0 Å². The summed E-state index contributed by atoms with van der Waals surface area (Å²) in [5, 5.41) is 17.7. The number of hydrogen-bond acceptors (Lipinski definition) is 6. The van der Waals surface area contributed by atoms with Crippen LogP contribution in [-0.4, -0.2) is 25.7 Å².